The van der Waals surface area contributed by atoms with Gasteiger partial charge >= 0.3 is 7.12 Å². The highest BCUT2D eigenvalue weighted by molar-refractivity contribution is 6.60. The number of hydrogen-bond donors (Lipinski definition) is 3. The number of anilines is 1. The van der Waals surface area contributed by atoms with Gasteiger partial charge in [0.25, 0.3) is 0 Å². The maximum absolute atomic E-state index is 8.65. The van der Waals surface area contributed by atoms with E-state index in [1.54, 1.807) is 0 Å². The molecule has 0 aliphatic rings. The van der Waals surface area contributed by atoms with Gasteiger partial charge in [0.15, 0.2) is 0 Å². The Morgan fingerprint density at radius 3 is 2.36 bits per heavy atom. The molecule has 0 saturated heterocycles. The summed E-state index contributed by atoms with van der Waals surface area (Å²) < 4.78 is 0. The molecule has 1 aromatic heterocycles. The predicted molar refractivity (Wildman–Crippen MR) is 57.2 cm³/mol. The van der Waals surface area contributed by atoms with Gasteiger partial charge in [0.05, 0.1) is 0 Å². The molecule has 0 atom stereocenters. The second-order valence-corrected chi connectivity index (χ2v) is 2.90. The van der Waals surface area contributed by atoms with E-state index in [4.69, 9.17) is 27.4 Å². The Morgan fingerprint density at radius 2 is 2.00 bits per heavy atom. The van der Waals surface area contributed by atoms with Crippen molar-refractivity contribution in [1.82, 2.24) is 9.97 Å². The first-order valence-corrected chi connectivity index (χ1v) is 4.54. The van der Waals surface area contributed by atoms with Gasteiger partial charge in [-0.05, 0) is 11.6 Å². The van der Waals surface area contributed by atoms with Gasteiger partial charge in [-0.1, -0.05) is 20.3 Å². The lowest BCUT2D eigenvalue weighted by atomic mass is 9.82. The number of nitrogen functional groups attached to an aromatic ring is 1. The molecule has 4 N–H and O–H groups in total. The van der Waals surface area contributed by atoms with E-state index in [2.05, 4.69) is 23.8 Å². The highest BCUT2D eigenvalue weighted by atomic mass is 35.5. The third kappa shape index (κ3) is 4.41. The number of hydrogen-bond acceptors (Lipinski definition) is 5. The van der Waals surface area contributed by atoms with Crippen LogP contribution in [0.1, 0.15) is 20.3 Å². The zero-order chi connectivity index (χ0) is 11.1. The minimum absolute atomic E-state index is 0.0214. The molecule has 0 amide bonds. The Balaban J connectivity index is 0.000000500. The van der Waals surface area contributed by atoms with Gasteiger partial charge in [-0.2, -0.15) is 0 Å². The van der Waals surface area contributed by atoms with Crippen molar-refractivity contribution in [2.75, 3.05) is 5.73 Å². The highest BCUT2D eigenvalue weighted by Gasteiger charge is 2.15. The summed E-state index contributed by atoms with van der Waals surface area (Å²) in [5.74, 6) is -0.0278. The van der Waals surface area contributed by atoms with Gasteiger partial charge in [0.1, 0.15) is 5.82 Å². The second kappa shape index (κ2) is 6.59. The molecule has 0 aliphatic carbocycles. The Hall–Kier alpha value is -0.845. The maximum atomic E-state index is 8.65. The van der Waals surface area contributed by atoms with Gasteiger partial charge in [-0.3, -0.25) is 0 Å². The fraction of sp³-hybridized carbons (Fsp3) is 0.429. The van der Waals surface area contributed by atoms with Crippen LogP contribution in [0.25, 0.3) is 0 Å². The summed E-state index contributed by atoms with van der Waals surface area (Å²) in [6.45, 7) is 4.25. The molecule has 5 nitrogen and oxygen atoms in total. The molecule has 0 fully saturated rings. The van der Waals surface area contributed by atoms with Gasteiger partial charge in [0.2, 0.25) is 5.28 Å². The zero-order valence-corrected chi connectivity index (χ0v) is 8.86. The fourth-order valence-corrected chi connectivity index (χ4v) is 0.721. The summed E-state index contributed by atoms with van der Waals surface area (Å²) in [7, 11) is -1.66. The Kier molecular flexibility index (Phi) is 6.19. The second-order valence-electron chi connectivity index (χ2n) is 2.56. The molecule has 0 bridgehead atoms. The van der Waals surface area contributed by atoms with Gasteiger partial charge in [-0.15, -0.1) is 0 Å². The lowest BCUT2D eigenvalue weighted by Gasteiger charge is -2.00. The smallest absolute Gasteiger partial charge is 0.423 e. The van der Waals surface area contributed by atoms with Crippen molar-refractivity contribution in [3.8, 4) is 0 Å². The summed E-state index contributed by atoms with van der Waals surface area (Å²) in [6, 6.07) is 0. The molecule has 0 saturated carbocycles. The Bertz CT molecular complexity index is 286. The number of halogens is 1. The van der Waals surface area contributed by atoms with Crippen molar-refractivity contribution in [3.05, 3.63) is 11.5 Å². The average molecular weight is 217 g/mol. The lowest BCUT2D eigenvalue weighted by molar-refractivity contribution is 0.425. The molecule has 7 heteroatoms. The molecule has 1 heterocycles. The number of nitrogens with two attached hydrogens (primary N) is 1. The van der Waals surface area contributed by atoms with E-state index >= 15 is 0 Å². The lowest BCUT2D eigenvalue weighted by Crippen LogP contribution is -2.33. The van der Waals surface area contributed by atoms with Gasteiger partial charge in [-0.25, -0.2) is 9.97 Å². The molecule has 14 heavy (non-hydrogen) atoms. The third-order valence-corrected chi connectivity index (χ3v) is 1.28. The van der Waals surface area contributed by atoms with E-state index in [0.717, 1.165) is 6.20 Å². The van der Waals surface area contributed by atoms with E-state index in [-0.39, 0.29) is 16.6 Å². The van der Waals surface area contributed by atoms with Crippen LogP contribution in [-0.2, 0) is 0 Å². The fourth-order valence-electron chi connectivity index (χ4n) is 0.581. The van der Waals surface area contributed by atoms with Crippen LogP contribution in [0, 0.1) is 0 Å². The minimum Gasteiger partial charge on any atom is -0.423 e. The molecule has 0 unspecified atom stereocenters. The summed E-state index contributed by atoms with van der Waals surface area (Å²) in [4.78, 5) is 7.02. The quantitative estimate of drug-likeness (QED) is 0.448. The van der Waals surface area contributed by atoms with Crippen LogP contribution in [0.3, 0.4) is 0 Å². The Morgan fingerprint density at radius 1 is 1.50 bits per heavy atom. The van der Waals surface area contributed by atoms with E-state index in [0.29, 0.717) is 0 Å². The molecule has 1 aromatic rings. The summed E-state index contributed by atoms with van der Waals surface area (Å²) >= 11 is 5.36. The SMILES string of the molecule is CCC.Nc1nc(Cl)ncc1B(O)O. The molecular formula is C7H13BClN3O2. The van der Waals surface area contributed by atoms with Crippen molar-refractivity contribution in [1.29, 1.82) is 0 Å². The van der Waals surface area contributed by atoms with Crippen LogP contribution >= 0.6 is 11.6 Å². The van der Waals surface area contributed by atoms with Crippen LogP contribution in [0.5, 0.6) is 0 Å². The van der Waals surface area contributed by atoms with Crippen molar-refractivity contribution < 1.29 is 10.0 Å². The molecule has 1 rings (SSSR count). The van der Waals surface area contributed by atoms with Crippen LogP contribution in [-0.4, -0.2) is 27.1 Å². The van der Waals surface area contributed by atoms with Crippen LogP contribution in [0.15, 0.2) is 6.20 Å². The Labute approximate surface area is 88.1 Å². The number of rotatable bonds is 1. The largest absolute Gasteiger partial charge is 0.493 e. The standard InChI is InChI=1S/C4H5BClN3O2.C3H8/c6-4-8-1-2(5(10)11)3(7)9-4;1-3-2/h1,10-11H,(H2,7,8,9);3H2,1-2H3. The molecule has 0 aliphatic heterocycles. The highest BCUT2D eigenvalue weighted by Crippen LogP contribution is 1.99. The van der Waals surface area contributed by atoms with Crippen LogP contribution < -0.4 is 11.2 Å². The maximum Gasteiger partial charge on any atom is 0.493 e. The van der Waals surface area contributed by atoms with Gasteiger partial charge in [0, 0.05) is 11.7 Å². The van der Waals surface area contributed by atoms with Crippen molar-refractivity contribution in [2.24, 2.45) is 0 Å². The van der Waals surface area contributed by atoms with Gasteiger partial charge < -0.3 is 15.8 Å². The van der Waals surface area contributed by atoms with E-state index in [1.807, 2.05) is 0 Å². The van der Waals surface area contributed by atoms with Crippen molar-refractivity contribution in [3.63, 3.8) is 0 Å². The molecule has 78 valence electrons. The summed E-state index contributed by atoms with van der Waals surface area (Å²) in [6.07, 6.45) is 2.41. The van der Waals surface area contributed by atoms with E-state index in [1.165, 1.54) is 6.42 Å². The molecular weight excluding hydrogens is 204 g/mol. The topological polar surface area (TPSA) is 92.3 Å². The third-order valence-electron chi connectivity index (χ3n) is 1.10. The first-order valence-electron chi connectivity index (χ1n) is 4.16. The van der Waals surface area contributed by atoms with Crippen LogP contribution in [0.2, 0.25) is 5.28 Å². The normalized spacial score (nSPS) is 8.93. The molecule has 0 aromatic carbocycles. The number of aromatic nitrogens is 2. The monoisotopic (exact) mass is 217 g/mol. The summed E-state index contributed by atoms with van der Waals surface area (Å²) in [5.41, 5.74) is 5.32. The molecule has 0 spiro atoms. The first kappa shape index (κ1) is 13.2. The van der Waals surface area contributed by atoms with Crippen LogP contribution in [0.4, 0.5) is 5.82 Å². The minimum atomic E-state index is -1.66. The van der Waals surface area contributed by atoms with Crippen molar-refractivity contribution >= 4 is 30.0 Å². The average Bonchev–Trinajstić information content (AvgIpc) is 2.04. The van der Waals surface area contributed by atoms with Crippen molar-refractivity contribution in [2.45, 2.75) is 20.3 Å². The molecule has 0 radical (unpaired) electrons. The number of nitrogens with zero attached hydrogens (tertiary/aromatic N) is 2. The van der Waals surface area contributed by atoms with E-state index in [9.17, 15) is 0 Å². The first-order chi connectivity index (χ1) is 6.52. The zero-order valence-electron chi connectivity index (χ0n) is 8.11. The summed E-state index contributed by atoms with van der Waals surface area (Å²) in [5, 5.41) is 17.3. The predicted octanol–water partition coefficient (Wildman–Crippen LogP) is -0.192. The van der Waals surface area contributed by atoms with E-state index < -0.39 is 7.12 Å².